The van der Waals surface area contributed by atoms with Gasteiger partial charge < -0.3 is 19.7 Å². The molecule has 0 radical (unpaired) electrons. The lowest BCUT2D eigenvalue weighted by molar-refractivity contribution is -0.138. The molecule has 2 aromatic rings. The van der Waals surface area contributed by atoms with Gasteiger partial charge in [0.05, 0.1) is 41.4 Å². The van der Waals surface area contributed by atoms with Crippen LogP contribution in [0.5, 0.6) is 0 Å². The van der Waals surface area contributed by atoms with Crippen molar-refractivity contribution in [1.82, 2.24) is 14.5 Å². The fraction of sp³-hybridized carbons (Fsp3) is 0.462. The van der Waals surface area contributed by atoms with E-state index in [1.165, 1.54) is 16.4 Å². The molecule has 1 atom stereocenters. The van der Waals surface area contributed by atoms with E-state index in [0.717, 1.165) is 30.1 Å². The van der Waals surface area contributed by atoms with Crippen LogP contribution in [0.25, 0.3) is 0 Å². The van der Waals surface area contributed by atoms with Crippen LogP contribution in [-0.2, 0) is 30.8 Å². The Balaban J connectivity index is 1.36. The van der Waals surface area contributed by atoms with Gasteiger partial charge in [-0.3, -0.25) is 9.79 Å². The molecule has 2 aliphatic rings. The average Bonchev–Trinajstić information content (AvgIpc) is 3.41. The molecule has 1 N–H and O–H groups in total. The molecule has 2 heterocycles. The first-order valence-electron chi connectivity index (χ1n) is 12.3. The van der Waals surface area contributed by atoms with E-state index < -0.39 is 21.7 Å². The Kier molecular flexibility index (Phi) is 9.01. The van der Waals surface area contributed by atoms with E-state index in [-0.39, 0.29) is 47.2 Å². The standard InChI is InChI=1S/C26H32Cl2N4O5S/c1-26(2)17-32(38(34,35)22-6-4-5-21(27)24(22)28)20(15-37-26)14-36-16-23(33)31(3)13-18-7-9-19(10-8-18)25-29-11-12-30-25/h4-10,20H,11-17H2,1-3H3,(H,29,30)/t20-/m1/s1. The molecule has 12 heteroatoms. The minimum Gasteiger partial charge on any atom is -0.372 e. The van der Waals surface area contributed by atoms with E-state index in [0.29, 0.717) is 6.54 Å². The van der Waals surface area contributed by atoms with Crippen LogP contribution in [0.2, 0.25) is 10.0 Å². The molecular formula is C26H32Cl2N4O5S. The monoisotopic (exact) mass is 582 g/mol. The normalized spacial score (nSPS) is 19.6. The van der Waals surface area contributed by atoms with Crippen molar-refractivity contribution in [3.63, 3.8) is 0 Å². The average molecular weight is 584 g/mol. The molecule has 2 aliphatic heterocycles. The SMILES string of the molecule is CN(Cc1ccc(C2=NCCN2)cc1)C(=O)COC[C@@H]1COC(C)(C)CN1S(=O)(=O)c1cccc(Cl)c1Cl. The van der Waals surface area contributed by atoms with Crippen LogP contribution in [0.1, 0.15) is 25.0 Å². The molecule has 0 spiro atoms. The van der Waals surface area contributed by atoms with Gasteiger partial charge in [0.25, 0.3) is 0 Å². The summed E-state index contributed by atoms with van der Waals surface area (Å²) in [5.74, 6) is 0.665. The van der Waals surface area contributed by atoms with Crippen LogP contribution in [0, 0.1) is 0 Å². The lowest BCUT2D eigenvalue weighted by Gasteiger charge is -2.42. The van der Waals surface area contributed by atoms with Gasteiger partial charge in [0, 0.05) is 32.2 Å². The zero-order valence-corrected chi connectivity index (χ0v) is 23.9. The maximum Gasteiger partial charge on any atom is 0.248 e. The topological polar surface area (TPSA) is 101 Å². The molecule has 9 nitrogen and oxygen atoms in total. The van der Waals surface area contributed by atoms with Crippen molar-refractivity contribution in [3.05, 3.63) is 63.6 Å². The van der Waals surface area contributed by atoms with Gasteiger partial charge in [-0.2, -0.15) is 4.31 Å². The molecule has 4 rings (SSSR count). The zero-order valence-electron chi connectivity index (χ0n) is 21.6. The van der Waals surface area contributed by atoms with Gasteiger partial charge >= 0.3 is 0 Å². The van der Waals surface area contributed by atoms with Crippen LogP contribution in [0.15, 0.2) is 52.4 Å². The molecule has 0 bridgehead atoms. The fourth-order valence-corrected chi connectivity index (χ4v) is 6.77. The number of amidine groups is 1. The number of sulfonamides is 1. The van der Waals surface area contributed by atoms with Crippen LogP contribution in [0.4, 0.5) is 0 Å². The first kappa shape index (κ1) is 28.8. The Labute approximate surface area is 233 Å². The molecule has 2 aromatic carbocycles. The van der Waals surface area contributed by atoms with Crippen molar-refractivity contribution >= 4 is 45.0 Å². The molecule has 0 saturated carbocycles. The molecule has 0 aromatic heterocycles. The maximum absolute atomic E-state index is 13.6. The summed E-state index contributed by atoms with van der Waals surface area (Å²) in [7, 11) is -2.30. The predicted molar refractivity (Wildman–Crippen MR) is 147 cm³/mol. The van der Waals surface area contributed by atoms with E-state index in [1.807, 2.05) is 38.1 Å². The van der Waals surface area contributed by atoms with Crippen molar-refractivity contribution < 1.29 is 22.7 Å². The van der Waals surface area contributed by atoms with Crippen molar-refractivity contribution in [2.75, 3.05) is 46.5 Å². The van der Waals surface area contributed by atoms with Crippen molar-refractivity contribution in [3.8, 4) is 0 Å². The Bertz CT molecular complexity index is 1300. The number of morpholine rings is 1. The Morgan fingerprint density at radius 3 is 2.66 bits per heavy atom. The van der Waals surface area contributed by atoms with Crippen molar-refractivity contribution in [1.29, 1.82) is 0 Å². The number of carbonyl (C=O) groups excluding carboxylic acids is 1. The zero-order chi connectivity index (χ0) is 27.5. The highest BCUT2D eigenvalue weighted by Crippen LogP contribution is 2.34. The third-order valence-corrected chi connectivity index (χ3v) is 9.27. The third-order valence-electron chi connectivity index (χ3n) is 6.40. The van der Waals surface area contributed by atoms with Crippen LogP contribution >= 0.6 is 23.2 Å². The van der Waals surface area contributed by atoms with Gasteiger partial charge in [-0.05, 0) is 31.5 Å². The fourth-order valence-electron chi connectivity index (χ4n) is 4.29. The first-order valence-corrected chi connectivity index (χ1v) is 14.5. The Morgan fingerprint density at radius 2 is 1.97 bits per heavy atom. The number of carbonyl (C=O) groups is 1. The van der Waals surface area contributed by atoms with E-state index in [9.17, 15) is 13.2 Å². The third kappa shape index (κ3) is 6.67. The van der Waals surface area contributed by atoms with Crippen molar-refractivity contribution in [2.45, 2.75) is 36.9 Å². The highest BCUT2D eigenvalue weighted by Gasteiger charge is 2.42. The highest BCUT2D eigenvalue weighted by molar-refractivity contribution is 7.89. The second-order valence-corrected chi connectivity index (χ2v) is 12.6. The van der Waals surface area contributed by atoms with Gasteiger partial charge in [0.2, 0.25) is 15.9 Å². The Hall–Kier alpha value is -2.21. The van der Waals surface area contributed by atoms with Crippen LogP contribution in [-0.4, -0.2) is 87.5 Å². The second-order valence-electron chi connectivity index (χ2n) is 9.95. The summed E-state index contributed by atoms with van der Waals surface area (Å²) in [4.78, 5) is 18.6. The largest absolute Gasteiger partial charge is 0.372 e. The molecule has 206 valence electrons. The summed E-state index contributed by atoms with van der Waals surface area (Å²) in [5.41, 5.74) is 1.28. The van der Waals surface area contributed by atoms with Crippen LogP contribution < -0.4 is 5.32 Å². The quantitative estimate of drug-likeness (QED) is 0.487. The molecule has 38 heavy (non-hydrogen) atoms. The summed E-state index contributed by atoms with van der Waals surface area (Å²) in [6, 6.07) is 11.7. The van der Waals surface area contributed by atoms with Gasteiger partial charge in [0.1, 0.15) is 17.3 Å². The second kappa shape index (κ2) is 11.9. The van der Waals surface area contributed by atoms with E-state index in [2.05, 4.69) is 10.3 Å². The number of amides is 1. The number of hydrogen-bond donors (Lipinski definition) is 1. The number of nitrogens with one attached hydrogen (secondary N) is 1. The summed E-state index contributed by atoms with van der Waals surface area (Å²) in [5, 5.41) is 3.36. The highest BCUT2D eigenvalue weighted by atomic mass is 35.5. The number of hydrogen-bond acceptors (Lipinski definition) is 7. The first-order chi connectivity index (χ1) is 18.0. The molecular weight excluding hydrogens is 551 g/mol. The van der Waals surface area contributed by atoms with E-state index >= 15 is 0 Å². The lowest BCUT2D eigenvalue weighted by atomic mass is 10.1. The van der Waals surface area contributed by atoms with Gasteiger partial charge in [-0.15, -0.1) is 0 Å². The summed E-state index contributed by atoms with van der Waals surface area (Å²) >= 11 is 12.3. The molecule has 1 amide bonds. The number of aliphatic imine (C=N–C) groups is 1. The molecule has 0 aliphatic carbocycles. The molecule has 1 fully saturated rings. The number of halogens is 2. The molecule has 0 unspecified atom stereocenters. The van der Waals surface area contributed by atoms with E-state index in [1.54, 1.807) is 18.0 Å². The molecule has 1 saturated heterocycles. The Morgan fingerprint density at radius 1 is 1.24 bits per heavy atom. The lowest BCUT2D eigenvalue weighted by Crippen LogP contribution is -2.57. The minimum atomic E-state index is -4.00. The number of likely N-dealkylation sites (N-methyl/N-ethyl adjacent to an activating group) is 1. The maximum atomic E-state index is 13.6. The number of nitrogens with zero attached hydrogens (tertiary/aromatic N) is 3. The van der Waals surface area contributed by atoms with Gasteiger partial charge in [0.15, 0.2) is 0 Å². The minimum absolute atomic E-state index is 0.0170. The summed E-state index contributed by atoms with van der Waals surface area (Å²) in [6.45, 7) is 5.66. The smallest absolute Gasteiger partial charge is 0.248 e. The number of rotatable bonds is 9. The predicted octanol–water partition coefficient (Wildman–Crippen LogP) is 3.19. The van der Waals surface area contributed by atoms with Crippen LogP contribution in [0.3, 0.4) is 0 Å². The van der Waals surface area contributed by atoms with Gasteiger partial charge in [-0.25, -0.2) is 8.42 Å². The summed E-state index contributed by atoms with van der Waals surface area (Å²) in [6.07, 6.45) is 0. The number of benzene rings is 2. The van der Waals surface area contributed by atoms with Gasteiger partial charge in [-0.1, -0.05) is 53.5 Å². The number of ether oxygens (including phenoxy) is 2. The van der Waals surface area contributed by atoms with E-state index in [4.69, 9.17) is 32.7 Å². The van der Waals surface area contributed by atoms with Crippen molar-refractivity contribution in [2.24, 2.45) is 4.99 Å². The summed E-state index contributed by atoms with van der Waals surface area (Å²) < 4.78 is 40.0.